The van der Waals surface area contributed by atoms with Crippen molar-refractivity contribution >= 4 is 18.4 Å². The van der Waals surface area contributed by atoms with Gasteiger partial charge in [-0.05, 0) is 24.7 Å². The van der Waals surface area contributed by atoms with E-state index in [1.807, 2.05) is 0 Å². The van der Waals surface area contributed by atoms with Crippen molar-refractivity contribution in [3.8, 4) is 0 Å². The zero-order chi connectivity index (χ0) is 8.48. The van der Waals surface area contributed by atoms with Crippen LogP contribution in [0.25, 0.3) is 0 Å². The van der Waals surface area contributed by atoms with Gasteiger partial charge in [-0.1, -0.05) is 13.3 Å². The number of carbonyl (C=O) groups is 1. The van der Waals surface area contributed by atoms with Gasteiger partial charge in [0.25, 0.3) is 0 Å². The third-order valence-electron chi connectivity index (χ3n) is 2.59. The molecule has 0 aromatic carbocycles. The van der Waals surface area contributed by atoms with Crippen LogP contribution in [-0.2, 0) is 4.79 Å². The van der Waals surface area contributed by atoms with E-state index < -0.39 is 12.0 Å². The van der Waals surface area contributed by atoms with Gasteiger partial charge < -0.3 is 10.8 Å². The SMILES string of the molecule is CC1(C[C@@H](N)C(=O)O)CCC1.Cl. The van der Waals surface area contributed by atoms with Gasteiger partial charge in [0.15, 0.2) is 0 Å². The van der Waals surface area contributed by atoms with Crippen molar-refractivity contribution in [2.24, 2.45) is 11.1 Å². The molecular weight excluding hydrogens is 178 g/mol. The van der Waals surface area contributed by atoms with Crippen LogP contribution in [0.2, 0.25) is 0 Å². The third-order valence-corrected chi connectivity index (χ3v) is 2.59. The first kappa shape index (κ1) is 11.7. The number of carboxylic acid groups (broad SMARTS) is 1. The maximum absolute atomic E-state index is 10.4. The zero-order valence-corrected chi connectivity index (χ0v) is 8.06. The maximum atomic E-state index is 10.4. The number of hydrogen-bond donors (Lipinski definition) is 2. The summed E-state index contributed by atoms with van der Waals surface area (Å²) in [5.74, 6) is -0.877. The summed E-state index contributed by atoms with van der Waals surface area (Å²) in [6.07, 6.45) is 4.12. The summed E-state index contributed by atoms with van der Waals surface area (Å²) in [6.45, 7) is 2.11. The topological polar surface area (TPSA) is 63.3 Å². The molecule has 0 radical (unpaired) electrons. The Morgan fingerprint density at radius 2 is 2.17 bits per heavy atom. The predicted molar refractivity (Wildman–Crippen MR) is 49.4 cm³/mol. The summed E-state index contributed by atoms with van der Waals surface area (Å²) >= 11 is 0. The Hall–Kier alpha value is -0.280. The third kappa shape index (κ3) is 2.64. The Kier molecular flexibility index (Phi) is 4.00. The lowest BCUT2D eigenvalue weighted by Gasteiger charge is -2.39. The van der Waals surface area contributed by atoms with Crippen molar-refractivity contribution in [1.82, 2.24) is 0 Å². The monoisotopic (exact) mass is 193 g/mol. The van der Waals surface area contributed by atoms with E-state index in [4.69, 9.17) is 10.8 Å². The summed E-state index contributed by atoms with van der Waals surface area (Å²) < 4.78 is 0. The van der Waals surface area contributed by atoms with E-state index in [9.17, 15) is 4.79 Å². The van der Waals surface area contributed by atoms with Crippen molar-refractivity contribution in [3.63, 3.8) is 0 Å². The molecule has 0 spiro atoms. The first-order valence-corrected chi connectivity index (χ1v) is 4.02. The average Bonchev–Trinajstić information content (AvgIpc) is 1.84. The first-order valence-electron chi connectivity index (χ1n) is 4.02. The quantitative estimate of drug-likeness (QED) is 0.712. The fourth-order valence-corrected chi connectivity index (χ4v) is 1.60. The highest BCUT2D eigenvalue weighted by Crippen LogP contribution is 2.43. The first-order chi connectivity index (χ1) is 5.03. The summed E-state index contributed by atoms with van der Waals surface area (Å²) in [6, 6.07) is -0.666. The predicted octanol–water partition coefficient (Wildman–Crippen LogP) is 1.40. The molecule has 1 aliphatic carbocycles. The van der Waals surface area contributed by atoms with E-state index in [0.29, 0.717) is 6.42 Å². The van der Waals surface area contributed by atoms with Gasteiger partial charge in [-0.25, -0.2) is 0 Å². The smallest absolute Gasteiger partial charge is 0.320 e. The van der Waals surface area contributed by atoms with Crippen LogP contribution < -0.4 is 5.73 Å². The van der Waals surface area contributed by atoms with Gasteiger partial charge in [0.05, 0.1) is 0 Å². The Bertz CT molecular complexity index is 168. The number of nitrogens with two attached hydrogens (primary N) is 1. The minimum Gasteiger partial charge on any atom is -0.480 e. The number of rotatable bonds is 3. The van der Waals surface area contributed by atoms with Crippen LogP contribution in [0, 0.1) is 5.41 Å². The molecule has 3 N–H and O–H groups in total. The highest BCUT2D eigenvalue weighted by atomic mass is 35.5. The normalized spacial score (nSPS) is 21.8. The Morgan fingerprint density at radius 1 is 1.67 bits per heavy atom. The van der Waals surface area contributed by atoms with Gasteiger partial charge in [-0.2, -0.15) is 0 Å². The van der Waals surface area contributed by atoms with E-state index in [0.717, 1.165) is 12.8 Å². The van der Waals surface area contributed by atoms with Gasteiger partial charge in [0.1, 0.15) is 6.04 Å². The van der Waals surface area contributed by atoms with Crippen LogP contribution in [0.3, 0.4) is 0 Å². The Morgan fingerprint density at radius 3 is 2.42 bits per heavy atom. The van der Waals surface area contributed by atoms with Gasteiger partial charge in [-0.3, -0.25) is 4.79 Å². The fraction of sp³-hybridized carbons (Fsp3) is 0.875. The Balaban J connectivity index is 0.00000121. The largest absolute Gasteiger partial charge is 0.480 e. The lowest BCUT2D eigenvalue weighted by Crippen LogP contribution is -2.39. The molecule has 0 aromatic heterocycles. The lowest BCUT2D eigenvalue weighted by molar-refractivity contribution is -0.139. The second kappa shape index (κ2) is 4.10. The molecule has 1 aliphatic rings. The zero-order valence-electron chi connectivity index (χ0n) is 7.25. The lowest BCUT2D eigenvalue weighted by atomic mass is 9.67. The van der Waals surface area contributed by atoms with E-state index in [-0.39, 0.29) is 17.8 Å². The minimum atomic E-state index is -0.877. The molecule has 0 amide bonds. The molecule has 0 saturated heterocycles. The highest BCUT2D eigenvalue weighted by Gasteiger charge is 2.34. The molecule has 1 rings (SSSR count). The van der Waals surface area contributed by atoms with Crippen LogP contribution >= 0.6 is 12.4 Å². The fourth-order valence-electron chi connectivity index (χ4n) is 1.60. The molecule has 0 aromatic rings. The second-order valence-corrected chi connectivity index (χ2v) is 3.81. The standard InChI is InChI=1S/C8H15NO2.ClH/c1-8(3-2-4-8)5-6(9)7(10)11;/h6H,2-5,9H2,1H3,(H,10,11);1H/t6-;/m1./s1. The molecule has 0 bridgehead atoms. The van der Waals surface area contributed by atoms with Crippen LogP contribution in [0.15, 0.2) is 0 Å². The molecule has 3 nitrogen and oxygen atoms in total. The van der Waals surface area contributed by atoms with Gasteiger partial charge in [0.2, 0.25) is 0 Å². The number of halogens is 1. The second-order valence-electron chi connectivity index (χ2n) is 3.81. The summed E-state index contributed by atoms with van der Waals surface area (Å²) in [5, 5.41) is 8.54. The van der Waals surface area contributed by atoms with Gasteiger partial charge in [-0.15, -0.1) is 12.4 Å². The minimum absolute atomic E-state index is 0. The molecule has 72 valence electrons. The molecule has 1 saturated carbocycles. The maximum Gasteiger partial charge on any atom is 0.320 e. The molecule has 12 heavy (non-hydrogen) atoms. The van der Waals surface area contributed by atoms with Crippen molar-refractivity contribution < 1.29 is 9.90 Å². The van der Waals surface area contributed by atoms with Crippen molar-refractivity contribution in [2.75, 3.05) is 0 Å². The molecule has 0 aliphatic heterocycles. The van der Waals surface area contributed by atoms with Crippen LogP contribution in [0.5, 0.6) is 0 Å². The van der Waals surface area contributed by atoms with Crippen LogP contribution in [-0.4, -0.2) is 17.1 Å². The van der Waals surface area contributed by atoms with Gasteiger partial charge >= 0.3 is 5.97 Å². The molecule has 1 atom stereocenters. The van der Waals surface area contributed by atoms with E-state index in [1.54, 1.807) is 0 Å². The summed E-state index contributed by atoms with van der Waals surface area (Å²) in [4.78, 5) is 10.4. The summed E-state index contributed by atoms with van der Waals surface area (Å²) in [5.41, 5.74) is 5.63. The number of aliphatic carboxylic acids is 1. The van der Waals surface area contributed by atoms with E-state index in [1.165, 1.54) is 6.42 Å². The van der Waals surface area contributed by atoms with Crippen molar-refractivity contribution in [1.29, 1.82) is 0 Å². The van der Waals surface area contributed by atoms with E-state index >= 15 is 0 Å². The number of carboxylic acids is 1. The molecule has 0 heterocycles. The van der Waals surface area contributed by atoms with Crippen molar-refractivity contribution in [3.05, 3.63) is 0 Å². The average molecular weight is 194 g/mol. The molecule has 4 heteroatoms. The summed E-state index contributed by atoms with van der Waals surface area (Å²) in [7, 11) is 0. The van der Waals surface area contributed by atoms with E-state index in [2.05, 4.69) is 6.92 Å². The van der Waals surface area contributed by atoms with Gasteiger partial charge in [0, 0.05) is 0 Å². The molecular formula is C8H16ClNO2. The van der Waals surface area contributed by atoms with Crippen LogP contribution in [0.4, 0.5) is 0 Å². The highest BCUT2D eigenvalue weighted by molar-refractivity contribution is 5.85. The molecule has 1 fully saturated rings. The Labute approximate surface area is 78.7 Å². The number of hydrogen-bond acceptors (Lipinski definition) is 2. The molecule has 0 unspecified atom stereocenters. The van der Waals surface area contributed by atoms with Crippen molar-refractivity contribution in [2.45, 2.75) is 38.6 Å². The van der Waals surface area contributed by atoms with Crippen LogP contribution in [0.1, 0.15) is 32.6 Å².